The molecule has 1 amide bonds. The number of alkyl halides is 2. The van der Waals surface area contributed by atoms with Crippen molar-refractivity contribution in [3.63, 3.8) is 0 Å². The second-order valence-electron chi connectivity index (χ2n) is 10.2. The minimum atomic E-state index is -2.71. The van der Waals surface area contributed by atoms with Gasteiger partial charge in [-0.05, 0) is 56.7 Å². The number of hydrogen-bond donors (Lipinski definition) is 2. The Hall–Kier alpha value is -3.22. The van der Waals surface area contributed by atoms with Crippen LogP contribution in [-0.4, -0.2) is 66.3 Å². The molecule has 0 bridgehead atoms. The Labute approximate surface area is 250 Å². The van der Waals surface area contributed by atoms with Crippen molar-refractivity contribution in [1.29, 1.82) is 0 Å². The van der Waals surface area contributed by atoms with E-state index in [-0.39, 0.29) is 61.6 Å². The standard InChI is InChI=1S/C27H35F3N6O3S.C2H6/c1-4-39-23(37)16-40-34-19-14-20(28)24(21(15-19)35-9-5-17(2)6-10-35)25(38)32-22-13-18(3)31-26(33-22)36-11-7-27(29,30)8-12-36;1-2/h13-15,17,34H,4-12,16H2,1-3H3,(H,31,32,33,38);1-2H3. The van der Waals surface area contributed by atoms with Crippen molar-refractivity contribution in [2.75, 3.05) is 58.4 Å². The van der Waals surface area contributed by atoms with Gasteiger partial charge >= 0.3 is 5.97 Å². The lowest BCUT2D eigenvalue weighted by Gasteiger charge is -2.33. The van der Waals surface area contributed by atoms with Crippen LogP contribution in [0.1, 0.15) is 69.4 Å². The largest absolute Gasteiger partial charge is 0.465 e. The lowest BCUT2D eigenvalue weighted by Crippen LogP contribution is -2.40. The number of nitrogens with one attached hydrogen (secondary N) is 2. The molecule has 1 aromatic carbocycles. The molecule has 13 heteroatoms. The number of aryl methyl sites for hydroxylation is 1. The van der Waals surface area contributed by atoms with Crippen molar-refractivity contribution in [2.45, 2.75) is 66.2 Å². The van der Waals surface area contributed by atoms with Crippen LogP contribution >= 0.6 is 11.9 Å². The fourth-order valence-electron chi connectivity index (χ4n) is 4.73. The van der Waals surface area contributed by atoms with Crippen molar-refractivity contribution >= 4 is 47.0 Å². The predicted molar refractivity (Wildman–Crippen MR) is 162 cm³/mol. The van der Waals surface area contributed by atoms with Gasteiger partial charge in [0.05, 0.1) is 17.9 Å². The van der Waals surface area contributed by atoms with E-state index in [1.54, 1.807) is 30.9 Å². The number of halogens is 3. The van der Waals surface area contributed by atoms with Crippen LogP contribution in [-0.2, 0) is 9.53 Å². The first-order valence-corrected chi connectivity index (χ1v) is 15.4. The van der Waals surface area contributed by atoms with Gasteiger partial charge in [0.1, 0.15) is 17.4 Å². The number of hydrogen-bond acceptors (Lipinski definition) is 9. The zero-order chi connectivity index (χ0) is 30.9. The van der Waals surface area contributed by atoms with Crippen LogP contribution in [0.2, 0.25) is 0 Å². The average molecular weight is 611 g/mol. The summed E-state index contributed by atoms with van der Waals surface area (Å²) in [4.78, 5) is 37.6. The Morgan fingerprint density at radius 2 is 1.74 bits per heavy atom. The molecule has 2 aliphatic heterocycles. The van der Waals surface area contributed by atoms with Gasteiger partial charge in [-0.1, -0.05) is 20.8 Å². The van der Waals surface area contributed by atoms with Crippen LogP contribution in [0.15, 0.2) is 18.2 Å². The molecule has 0 unspecified atom stereocenters. The summed E-state index contributed by atoms with van der Waals surface area (Å²) in [6, 6.07) is 4.48. The van der Waals surface area contributed by atoms with Crippen molar-refractivity contribution < 1.29 is 27.5 Å². The van der Waals surface area contributed by atoms with E-state index < -0.39 is 17.6 Å². The SMILES string of the molecule is CC.CCOC(=O)CSNc1cc(F)c(C(=O)Nc2cc(C)nc(N3CCC(F)(F)CC3)n2)c(N2CCC(C)CC2)c1. The second kappa shape index (κ2) is 15.3. The number of aromatic nitrogens is 2. The Bertz CT molecular complexity index is 1220. The van der Waals surface area contributed by atoms with Crippen LogP contribution in [0.5, 0.6) is 0 Å². The van der Waals surface area contributed by atoms with Crippen LogP contribution in [0, 0.1) is 18.7 Å². The minimum absolute atomic E-state index is 0.0400. The molecular formula is C29H41F3N6O3S. The normalized spacial score (nSPS) is 16.8. The molecule has 2 fully saturated rings. The number of carbonyl (C=O) groups is 2. The summed E-state index contributed by atoms with van der Waals surface area (Å²) >= 11 is 1.07. The molecule has 0 aliphatic carbocycles. The third kappa shape index (κ3) is 9.14. The van der Waals surface area contributed by atoms with E-state index in [0.29, 0.717) is 36.1 Å². The van der Waals surface area contributed by atoms with Gasteiger partial charge in [-0.3, -0.25) is 9.59 Å². The topological polar surface area (TPSA) is 99.7 Å². The third-order valence-electron chi connectivity index (χ3n) is 6.97. The number of rotatable bonds is 9. The number of esters is 1. The van der Waals surface area contributed by atoms with Gasteiger partial charge in [-0.15, -0.1) is 0 Å². The first-order chi connectivity index (χ1) is 20.0. The Morgan fingerprint density at radius 1 is 1.07 bits per heavy atom. The summed E-state index contributed by atoms with van der Waals surface area (Å²) in [5, 5.41) is 2.70. The van der Waals surface area contributed by atoms with Crippen molar-refractivity contribution in [3.05, 3.63) is 35.3 Å². The van der Waals surface area contributed by atoms with Crippen LogP contribution in [0.25, 0.3) is 0 Å². The molecular weight excluding hydrogens is 569 g/mol. The van der Waals surface area contributed by atoms with Crippen LogP contribution in [0.4, 0.5) is 36.3 Å². The van der Waals surface area contributed by atoms with E-state index in [4.69, 9.17) is 4.74 Å². The molecule has 0 radical (unpaired) electrons. The van der Waals surface area contributed by atoms with Gasteiger partial charge in [0.15, 0.2) is 0 Å². The van der Waals surface area contributed by atoms with Gasteiger partial charge < -0.3 is 24.6 Å². The Kier molecular flexibility index (Phi) is 12.1. The fourth-order valence-corrected chi connectivity index (χ4v) is 5.28. The first-order valence-electron chi connectivity index (χ1n) is 14.5. The Morgan fingerprint density at radius 3 is 2.38 bits per heavy atom. The van der Waals surface area contributed by atoms with Gasteiger partial charge in [-0.2, -0.15) is 4.98 Å². The molecule has 2 N–H and O–H groups in total. The molecule has 2 aliphatic rings. The van der Waals surface area contributed by atoms with Crippen molar-refractivity contribution in [2.24, 2.45) is 5.92 Å². The van der Waals surface area contributed by atoms with Gasteiger partial charge in [0.2, 0.25) is 5.95 Å². The maximum Gasteiger partial charge on any atom is 0.317 e. The average Bonchev–Trinajstić information content (AvgIpc) is 2.94. The van der Waals surface area contributed by atoms with E-state index in [0.717, 1.165) is 24.8 Å². The summed E-state index contributed by atoms with van der Waals surface area (Å²) in [5.41, 5.74) is 1.28. The molecule has 0 spiro atoms. The summed E-state index contributed by atoms with van der Waals surface area (Å²) in [6.45, 7) is 11.4. The highest BCUT2D eigenvalue weighted by Crippen LogP contribution is 2.33. The van der Waals surface area contributed by atoms with E-state index in [1.807, 2.05) is 18.7 Å². The fraction of sp³-hybridized carbons (Fsp3) is 0.586. The highest BCUT2D eigenvalue weighted by molar-refractivity contribution is 8.01. The summed E-state index contributed by atoms with van der Waals surface area (Å²) in [6.07, 6.45) is 1.21. The zero-order valence-electron chi connectivity index (χ0n) is 24.9. The van der Waals surface area contributed by atoms with Crippen molar-refractivity contribution in [3.8, 4) is 0 Å². The molecule has 2 aromatic rings. The highest BCUT2D eigenvalue weighted by atomic mass is 32.2. The predicted octanol–water partition coefficient (Wildman–Crippen LogP) is 6.30. The number of amides is 1. The number of nitrogens with zero attached hydrogens (tertiary/aromatic N) is 4. The molecule has 232 valence electrons. The number of benzene rings is 1. The monoisotopic (exact) mass is 610 g/mol. The van der Waals surface area contributed by atoms with Gasteiger partial charge in [0, 0.05) is 56.5 Å². The molecule has 42 heavy (non-hydrogen) atoms. The van der Waals surface area contributed by atoms with E-state index in [9.17, 15) is 18.4 Å². The van der Waals surface area contributed by atoms with E-state index >= 15 is 4.39 Å². The Balaban J connectivity index is 0.00000237. The minimum Gasteiger partial charge on any atom is -0.465 e. The smallest absolute Gasteiger partial charge is 0.317 e. The lowest BCUT2D eigenvalue weighted by atomic mass is 9.97. The lowest BCUT2D eigenvalue weighted by molar-refractivity contribution is -0.139. The van der Waals surface area contributed by atoms with E-state index in [2.05, 4.69) is 26.9 Å². The van der Waals surface area contributed by atoms with Crippen LogP contribution in [0.3, 0.4) is 0 Å². The zero-order valence-corrected chi connectivity index (χ0v) is 25.8. The van der Waals surface area contributed by atoms with Crippen molar-refractivity contribution in [1.82, 2.24) is 9.97 Å². The first kappa shape index (κ1) is 33.3. The highest BCUT2D eigenvalue weighted by Gasteiger charge is 2.35. The second-order valence-corrected chi connectivity index (χ2v) is 11.0. The van der Waals surface area contributed by atoms with Crippen LogP contribution < -0.4 is 19.8 Å². The molecule has 0 atom stereocenters. The molecule has 0 saturated carbocycles. The summed E-state index contributed by atoms with van der Waals surface area (Å²) in [5.74, 6) is -3.53. The molecule has 3 heterocycles. The van der Waals surface area contributed by atoms with Gasteiger partial charge in [0.25, 0.3) is 11.8 Å². The molecule has 9 nitrogen and oxygen atoms in total. The molecule has 4 rings (SSSR count). The molecule has 1 aromatic heterocycles. The third-order valence-corrected chi connectivity index (χ3v) is 7.73. The maximum atomic E-state index is 15.6. The number of piperidine rings is 2. The quantitative estimate of drug-likeness (QED) is 0.250. The summed E-state index contributed by atoms with van der Waals surface area (Å²) < 4.78 is 50.8. The molecule has 2 saturated heterocycles. The number of ether oxygens (including phenoxy) is 1. The van der Waals surface area contributed by atoms with E-state index in [1.165, 1.54) is 6.07 Å². The number of anilines is 4. The maximum absolute atomic E-state index is 15.6. The number of carbonyl (C=O) groups excluding carboxylic acids is 2. The van der Waals surface area contributed by atoms with Gasteiger partial charge in [-0.25, -0.2) is 18.2 Å². The summed E-state index contributed by atoms with van der Waals surface area (Å²) in [7, 11) is 0.